The Balaban J connectivity index is 2.11. The van der Waals surface area contributed by atoms with Gasteiger partial charge in [-0.05, 0) is 6.42 Å². The molecule has 0 radical (unpaired) electrons. The number of carbonyl (C=O) groups excluding carboxylic acids is 1. The van der Waals surface area contributed by atoms with Crippen LogP contribution in [0.1, 0.15) is 32.6 Å². The molecule has 5 heteroatoms. The number of hydrogen-bond donors (Lipinski definition) is 1. The van der Waals surface area contributed by atoms with Crippen LogP contribution in [0.25, 0.3) is 0 Å². The smallest absolute Gasteiger partial charge is 0.327 e. The number of aromatic nitrogens is 2. The fraction of sp³-hybridized carbons (Fsp3) is 0.636. The van der Waals surface area contributed by atoms with E-state index < -0.39 is 0 Å². The molecular formula is C11H19N3O2. The lowest BCUT2D eigenvalue weighted by Crippen LogP contribution is -2.14. The van der Waals surface area contributed by atoms with Crippen molar-refractivity contribution in [1.82, 2.24) is 9.78 Å². The highest BCUT2D eigenvalue weighted by atomic mass is 16.5. The van der Waals surface area contributed by atoms with Crippen molar-refractivity contribution in [2.75, 3.05) is 12.3 Å². The van der Waals surface area contributed by atoms with Crippen LogP contribution in [-0.4, -0.2) is 22.4 Å². The average molecular weight is 225 g/mol. The minimum Gasteiger partial charge on any atom is -0.464 e. The van der Waals surface area contributed by atoms with Gasteiger partial charge in [-0.3, -0.25) is 9.48 Å². The van der Waals surface area contributed by atoms with E-state index in [0.29, 0.717) is 12.3 Å². The molecule has 0 fully saturated rings. The summed E-state index contributed by atoms with van der Waals surface area (Å²) in [4.78, 5) is 11.3. The first-order valence-electron chi connectivity index (χ1n) is 5.66. The van der Waals surface area contributed by atoms with E-state index in [2.05, 4.69) is 12.0 Å². The number of nitrogens with zero attached hydrogens (tertiary/aromatic N) is 2. The molecule has 0 amide bonds. The molecule has 1 heterocycles. The Morgan fingerprint density at radius 2 is 2.31 bits per heavy atom. The Labute approximate surface area is 95.6 Å². The number of rotatable bonds is 7. The summed E-state index contributed by atoms with van der Waals surface area (Å²) in [5.74, 6) is -0.264. The number of esters is 1. The van der Waals surface area contributed by atoms with Crippen molar-refractivity contribution in [3.8, 4) is 0 Å². The van der Waals surface area contributed by atoms with Gasteiger partial charge < -0.3 is 10.5 Å². The topological polar surface area (TPSA) is 70.1 Å². The number of ether oxygens (including phenoxy) is 1. The molecule has 5 nitrogen and oxygen atoms in total. The van der Waals surface area contributed by atoms with E-state index in [1.807, 2.05) is 0 Å². The maximum absolute atomic E-state index is 11.3. The molecule has 0 saturated heterocycles. The molecule has 1 aromatic heterocycles. The van der Waals surface area contributed by atoms with Gasteiger partial charge in [0.2, 0.25) is 0 Å². The number of hydrogen-bond acceptors (Lipinski definition) is 4. The van der Waals surface area contributed by atoms with Crippen molar-refractivity contribution in [2.24, 2.45) is 0 Å². The standard InChI is InChI=1S/C11H19N3O2/c1-2-3-4-5-6-16-11(15)9-14-8-10(12)7-13-14/h7-8H,2-6,9,12H2,1H3. The third-order valence-corrected chi connectivity index (χ3v) is 2.21. The van der Waals surface area contributed by atoms with Crippen molar-refractivity contribution < 1.29 is 9.53 Å². The average Bonchev–Trinajstić information content (AvgIpc) is 2.63. The second kappa shape index (κ2) is 6.87. The Morgan fingerprint density at radius 3 is 2.94 bits per heavy atom. The lowest BCUT2D eigenvalue weighted by atomic mass is 10.2. The molecule has 0 unspecified atom stereocenters. The summed E-state index contributed by atoms with van der Waals surface area (Å²) < 4.78 is 6.54. The molecule has 0 saturated carbocycles. The van der Waals surface area contributed by atoms with Gasteiger partial charge in [0.1, 0.15) is 6.54 Å². The molecule has 0 bridgehead atoms. The third kappa shape index (κ3) is 4.82. The van der Waals surface area contributed by atoms with Gasteiger partial charge in [-0.1, -0.05) is 26.2 Å². The second-order valence-corrected chi connectivity index (χ2v) is 3.75. The maximum atomic E-state index is 11.3. The Kier molecular flexibility index (Phi) is 5.39. The Bertz CT molecular complexity index is 323. The van der Waals surface area contributed by atoms with Crippen molar-refractivity contribution in [2.45, 2.75) is 39.2 Å². The molecule has 2 N–H and O–H groups in total. The SMILES string of the molecule is CCCCCCOC(=O)Cn1cc(N)cn1. The van der Waals surface area contributed by atoms with Crippen molar-refractivity contribution in [1.29, 1.82) is 0 Å². The van der Waals surface area contributed by atoms with Gasteiger partial charge in [-0.25, -0.2) is 0 Å². The van der Waals surface area contributed by atoms with Crippen LogP contribution in [0.4, 0.5) is 5.69 Å². The number of carbonyl (C=O) groups is 1. The van der Waals surface area contributed by atoms with E-state index in [0.717, 1.165) is 12.8 Å². The first-order valence-corrected chi connectivity index (χ1v) is 5.66. The van der Waals surface area contributed by atoms with Crippen LogP contribution < -0.4 is 5.73 Å². The molecule has 0 aliphatic carbocycles. The van der Waals surface area contributed by atoms with Gasteiger partial charge in [0, 0.05) is 6.20 Å². The van der Waals surface area contributed by atoms with Crippen molar-refractivity contribution in [3.05, 3.63) is 12.4 Å². The van der Waals surface area contributed by atoms with Gasteiger partial charge in [0.05, 0.1) is 18.5 Å². The molecule has 0 atom stereocenters. The highest BCUT2D eigenvalue weighted by molar-refractivity contribution is 5.69. The maximum Gasteiger partial charge on any atom is 0.327 e. The lowest BCUT2D eigenvalue weighted by Gasteiger charge is -2.04. The van der Waals surface area contributed by atoms with Gasteiger partial charge in [0.15, 0.2) is 0 Å². The van der Waals surface area contributed by atoms with E-state index in [-0.39, 0.29) is 12.5 Å². The monoisotopic (exact) mass is 225 g/mol. The van der Waals surface area contributed by atoms with Gasteiger partial charge in [-0.15, -0.1) is 0 Å². The minimum absolute atomic E-state index is 0.130. The Morgan fingerprint density at radius 1 is 1.50 bits per heavy atom. The fourth-order valence-corrected chi connectivity index (χ4v) is 1.36. The van der Waals surface area contributed by atoms with Crippen molar-refractivity contribution >= 4 is 11.7 Å². The van der Waals surface area contributed by atoms with Gasteiger partial charge in [-0.2, -0.15) is 5.10 Å². The molecule has 1 aromatic rings. The van der Waals surface area contributed by atoms with Gasteiger partial charge >= 0.3 is 5.97 Å². The van der Waals surface area contributed by atoms with Gasteiger partial charge in [0.25, 0.3) is 0 Å². The number of nitrogen functional groups attached to an aromatic ring is 1. The fourth-order valence-electron chi connectivity index (χ4n) is 1.36. The zero-order chi connectivity index (χ0) is 11.8. The molecule has 16 heavy (non-hydrogen) atoms. The summed E-state index contributed by atoms with van der Waals surface area (Å²) in [5.41, 5.74) is 6.03. The summed E-state index contributed by atoms with van der Waals surface area (Å²) in [6.45, 7) is 2.77. The van der Waals surface area contributed by atoms with Crippen LogP contribution in [0, 0.1) is 0 Å². The highest BCUT2D eigenvalue weighted by Crippen LogP contribution is 2.01. The summed E-state index contributed by atoms with van der Waals surface area (Å²) in [5, 5.41) is 3.90. The highest BCUT2D eigenvalue weighted by Gasteiger charge is 2.04. The molecule has 90 valence electrons. The molecule has 0 aliphatic heterocycles. The van der Waals surface area contributed by atoms with E-state index in [1.54, 1.807) is 6.20 Å². The minimum atomic E-state index is -0.264. The molecule has 0 aliphatic rings. The largest absolute Gasteiger partial charge is 0.464 e. The van der Waals surface area contributed by atoms with Crippen LogP contribution in [0.5, 0.6) is 0 Å². The zero-order valence-corrected chi connectivity index (χ0v) is 9.69. The molecule has 1 rings (SSSR count). The van der Waals surface area contributed by atoms with E-state index in [9.17, 15) is 4.79 Å². The van der Waals surface area contributed by atoms with E-state index in [4.69, 9.17) is 10.5 Å². The summed E-state index contributed by atoms with van der Waals surface area (Å²) in [6, 6.07) is 0. The van der Waals surface area contributed by atoms with Crippen LogP contribution in [0.15, 0.2) is 12.4 Å². The van der Waals surface area contributed by atoms with Crippen LogP contribution in [0.3, 0.4) is 0 Å². The lowest BCUT2D eigenvalue weighted by molar-refractivity contribution is -0.144. The van der Waals surface area contributed by atoms with Crippen molar-refractivity contribution in [3.63, 3.8) is 0 Å². The van der Waals surface area contributed by atoms with Crippen LogP contribution in [0.2, 0.25) is 0 Å². The number of unbranched alkanes of at least 4 members (excludes halogenated alkanes) is 3. The normalized spacial score (nSPS) is 10.3. The summed E-state index contributed by atoms with van der Waals surface area (Å²) in [7, 11) is 0. The first-order chi connectivity index (χ1) is 7.72. The zero-order valence-electron chi connectivity index (χ0n) is 9.69. The third-order valence-electron chi connectivity index (χ3n) is 2.21. The number of anilines is 1. The second-order valence-electron chi connectivity index (χ2n) is 3.75. The quantitative estimate of drug-likeness (QED) is 0.565. The number of nitrogens with two attached hydrogens (primary N) is 1. The molecule has 0 spiro atoms. The Hall–Kier alpha value is -1.52. The van der Waals surface area contributed by atoms with E-state index >= 15 is 0 Å². The molecular weight excluding hydrogens is 206 g/mol. The summed E-state index contributed by atoms with van der Waals surface area (Å²) >= 11 is 0. The van der Waals surface area contributed by atoms with E-state index in [1.165, 1.54) is 23.7 Å². The van der Waals surface area contributed by atoms with Crippen LogP contribution in [-0.2, 0) is 16.1 Å². The molecule has 0 aromatic carbocycles. The predicted molar refractivity (Wildman–Crippen MR) is 61.7 cm³/mol. The first kappa shape index (κ1) is 12.5. The summed E-state index contributed by atoms with van der Waals surface area (Å²) in [6.07, 6.45) is 7.53. The van der Waals surface area contributed by atoms with Crippen LogP contribution >= 0.6 is 0 Å². The predicted octanol–water partition coefficient (Wildman–Crippen LogP) is 1.59.